The second-order valence-electron chi connectivity index (χ2n) is 5.31. The predicted molar refractivity (Wildman–Crippen MR) is 77.3 cm³/mol. The van der Waals surface area contributed by atoms with Crippen LogP contribution in [0.3, 0.4) is 0 Å². The summed E-state index contributed by atoms with van der Waals surface area (Å²) in [6, 6.07) is 7.61. The van der Waals surface area contributed by atoms with Crippen molar-refractivity contribution in [2.24, 2.45) is 0 Å². The summed E-state index contributed by atoms with van der Waals surface area (Å²) in [4.78, 5) is 14.9. The van der Waals surface area contributed by atoms with Gasteiger partial charge >= 0.3 is 0 Å². The van der Waals surface area contributed by atoms with Crippen LogP contribution >= 0.6 is 0 Å². The Kier molecular flexibility index (Phi) is 4.17. The molecular formula is C16H21NO2. The van der Waals surface area contributed by atoms with Gasteiger partial charge in [-0.05, 0) is 19.4 Å². The van der Waals surface area contributed by atoms with Crippen LogP contribution in [0.25, 0.3) is 6.08 Å². The van der Waals surface area contributed by atoms with Gasteiger partial charge in [-0.25, -0.2) is 0 Å². The van der Waals surface area contributed by atoms with E-state index in [4.69, 9.17) is 4.74 Å². The number of hydrogen-bond acceptors (Lipinski definition) is 3. The fourth-order valence-electron chi connectivity index (χ4n) is 2.39. The van der Waals surface area contributed by atoms with Crippen LogP contribution in [0.15, 0.2) is 30.8 Å². The SMILES string of the molecule is C=Cc1ccc(C(=O)C(C)(C)N2CCOCC2)cc1. The molecule has 1 aromatic carbocycles. The van der Waals surface area contributed by atoms with Crippen molar-refractivity contribution in [1.82, 2.24) is 4.90 Å². The number of ether oxygens (including phenoxy) is 1. The molecule has 0 saturated carbocycles. The van der Waals surface area contributed by atoms with E-state index in [1.54, 1.807) is 6.08 Å². The number of benzene rings is 1. The lowest BCUT2D eigenvalue weighted by molar-refractivity contribution is -0.00429. The zero-order valence-electron chi connectivity index (χ0n) is 11.7. The van der Waals surface area contributed by atoms with E-state index in [1.807, 2.05) is 38.1 Å². The first-order valence-corrected chi connectivity index (χ1v) is 6.66. The van der Waals surface area contributed by atoms with Crippen molar-refractivity contribution < 1.29 is 9.53 Å². The summed E-state index contributed by atoms with van der Waals surface area (Å²) in [5, 5.41) is 0. The molecular weight excluding hydrogens is 238 g/mol. The molecule has 1 heterocycles. The fraction of sp³-hybridized carbons (Fsp3) is 0.438. The van der Waals surface area contributed by atoms with E-state index in [0.717, 1.165) is 24.2 Å². The van der Waals surface area contributed by atoms with Gasteiger partial charge in [0.25, 0.3) is 0 Å². The molecule has 102 valence electrons. The molecule has 0 bridgehead atoms. The van der Waals surface area contributed by atoms with Crippen molar-refractivity contribution in [2.45, 2.75) is 19.4 Å². The topological polar surface area (TPSA) is 29.5 Å². The average Bonchev–Trinajstić information content (AvgIpc) is 2.47. The van der Waals surface area contributed by atoms with Crippen LogP contribution in [0.1, 0.15) is 29.8 Å². The maximum atomic E-state index is 12.7. The lowest BCUT2D eigenvalue weighted by Crippen LogP contribution is -2.54. The molecule has 1 aliphatic rings. The Balaban J connectivity index is 2.18. The van der Waals surface area contributed by atoms with Crippen LogP contribution in [0, 0.1) is 0 Å². The van der Waals surface area contributed by atoms with E-state index in [0.29, 0.717) is 13.2 Å². The number of Topliss-reactive ketones (excluding diaryl/α,β-unsaturated/α-hetero) is 1. The third-order valence-electron chi connectivity index (χ3n) is 3.77. The van der Waals surface area contributed by atoms with Crippen LogP contribution in [0.2, 0.25) is 0 Å². The third-order valence-corrected chi connectivity index (χ3v) is 3.77. The normalized spacial score (nSPS) is 17.2. The molecule has 0 N–H and O–H groups in total. The smallest absolute Gasteiger partial charge is 0.182 e. The quantitative estimate of drug-likeness (QED) is 0.778. The molecule has 19 heavy (non-hydrogen) atoms. The van der Waals surface area contributed by atoms with Crippen LogP contribution in [0.4, 0.5) is 0 Å². The van der Waals surface area contributed by atoms with Gasteiger partial charge in [-0.15, -0.1) is 0 Å². The van der Waals surface area contributed by atoms with E-state index >= 15 is 0 Å². The Labute approximate surface area is 114 Å². The van der Waals surface area contributed by atoms with Crippen molar-refractivity contribution in [3.63, 3.8) is 0 Å². The Bertz CT molecular complexity index is 456. The minimum Gasteiger partial charge on any atom is -0.379 e. The molecule has 3 nitrogen and oxygen atoms in total. The van der Waals surface area contributed by atoms with Gasteiger partial charge in [-0.2, -0.15) is 0 Å². The minimum absolute atomic E-state index is 0.157. The van der Waals surface area contributed by atoms with Crippen LogP contribution in [0.5, 0.6) is 0 Å². The molecule has 1 aromatic rings. The standard InChI is InChI=1S/C16H21NO2/c1-4-13-5-7-14(8-6-13)15(18)16(2,3)17-9-11-19-12-10-17/h4-8H,1,9-12H2,2-3H3. The molecule has 1 aliphatic heterocycles. The highest BCUT2D eigenvalue weighted by molar-refractivity contribution is 6.02. The second kappa shape index (κ2) is 5.68. The largest absolute Gasteiger partial charge is 0.379 e. The highest BCUT2D eigenvalue weighted by atomic mass is 16.5. The van der Waals surface area contributed by atoms with E-state index in [-0.39, 0.29) is 5.78 Å². The Morgan fingerprint density at radius 3 is 2.37 bits per heavy atom. The van der Waals surface area contributed by atoms with Crippen LogP contribution < -0.4 is 0 Å². The molecule has 2 rings (SSSR count). The van der Waals surface area contributed by atoms with Gasteiger partial charge in [0.1, 0.15) is 0 Å². The molecule has 0 amide bonds. The first-order valence-electron chi connectivity index (χ1n) is 6.66. The predicted octanol–water partition coefficient (Wildman–Crippen LogP) is 2.62. The first-order chi connectivity index (χ1) is 9.05. The number of hydrogen-bond donors (Lipinski definition) is 0. The Morgan fingerprint density at radius 2 is 1.84 bits per heavy atom. The summed E-state index contributed by atoms with van der Waals surface area (Å²) in [5.74, 6) is 0.157. The molecule has 0 unspecified atom stereocenters. The zero-order valence-corrected chi connectivity index (χ0v) is 11.7. The van der Waals surface area contributed by atoms with Crippen LogP contribution in [-0.2, 0) is 4.74 Å². The molecule has 1 saturated heterocycles. The van der Waals surface area contributed by atoms with E-state index in [2.05, 4.69) is 11.5 Å². The summed E-state index contributed by atoms with van der Waals surface area (Å²) in [6.45, 7) is 10.7. The first kappa shape index (κ1) is 14.0. The molecule has 0 aliphatic carbocycles. The molecule has 1 fully saturated rings. The van der Waals surface area contributed by atoms with Gasteiger partial charge in [-0.1, -0.05) is 36.9 Å². The molecule has 0 spiro atoms. The molecule has 3 heteroatoms. The van der Waals surface area contributed by atoms with E-state index in [1.165, 1.54) is 0 Å². The van der Waals surface area contributed by atoms with E-state index < -0.39 is 5.54 Å². The fourth-order valence-corrected chi connectivity index (χ4v) is 2.39. The maximum absolute atomic E-state index is 12.7. The van der Waals surface area contributed by atoms with Gasteiger partial charge in [0.2, 0.25) is 0 Å². The summed E-state index contributed by atoms with van der Waals surface area (Å²) in [7, 11) is 0. The summed E-state index contributed by atoms with van der Waals surface area (Å²) in [5.41, 5.74) is 1.29. The van der Waals surface area contributed by atoms with Crippen LogP contribution in [-0.4, -0.2) is 42.5 Å². The molecule has 0 aromatic heterocycles. The minimum atomic E-state index is -0.487. The number of rotatable bonds is 4. The molecule has 0 atom stereocenters. The second-order valence-corrected chi connectivity index (χ2v) is 5.31. The highest BCUT2D eigenvalue weighted by Crippen LogP contribution is 2.22. The average molecular weight is 259 g/mol. The monoisotopic (exact) mass is 259 g/mol. The van der Waals surface area contributed by atoms with E-state index in [9.17, 15) is 4.79 Å². The number of nitrogens with zero attached hydrogens (tertiary/aromatic N) is 1. The van der Waals surface area contributed by atoms with Crippen molar-refractivity contribution in [1.29, 1.82) is 0 Å². The lowest BCUT2D eigenvalue weighted by Gasteiger charge is -2.39. The van der Waals surface area contributed by atoms with Gasteiger partial charge in [0.05, 0.1) is 18.8 Å². The lowest BCUT2D eigenvalue weighted by atomic mass is 9.90. The van der Waals surface area contributed by atoms with Gasteiger partial charge < -0.3 is 4.74 Å². The molecule has 0 radical (unpaired) electrons. The third kappa shape index (κ3) is 2.94. The van der Waals surface area contributed by atoms with Gasteiger partial charge in [-0.3, -0.25) is 9.69 Å². The Morgan fingerprint density at radius 1 is 1.26 bits per heavy atom. The van der Waals surface area contributed by atoms with Crippen molar-refractivity contribution in [3.05, 3.63) is 42.0 Å². The zero-order chi connectivity index (χ0) is 13.9. The number of ketones is 1. The Hall–Kier alpha value is -1.45. The summed E-state index contributed by atoms with van der Waals surface area (Å²) in [6.07, 6.45) is 1.78. The number of carbonyl (C=O) groups is 1. The van der Waals surface area contributed by atoms with Gasteiger partial charge in [0.15, 0.2) is 5.78 Å². The highest BCUT2D eigenvalue weighted by Gasteiger charge is 2.35. The number of carbonyl (C=O) groups excluding carboxylic acids is 1. The maximum Gasteiger partial charge on any atom is 0.182 e. The van der Waals surface area contributed by atoms with Gasteiger partial charge in [0, 0.05) is 18.7 Å². The summed E-state index contributed by atoms with van der Waals surface area (Å²) >= 11 is 0. The number of morpholine rings is 1. The van der Waals surface area contributed by atoms with Crippen molar-refractivity contribution >= 4 is 11.9 Å². The van der Waals surface area contributed by atoms with Crippen molar-refractivity contribution in [3.8, 4) is 0 Å². The summed E-state index contributed by atoms with van der Waals surface area (Å²) < 4.78 is 5.35. The van der Waals surface area contributed by atoms with Crippen molar-refractivity contribution in [2.75, 3.05) is 26.3 Å².